The number of amides is 2. The fourth-order valence-electron chi connectivity index (χ4n) is 3.09. The molecule has 0 aliphatic carbocycles. The molecule has 0 saturated heterocycles. The third-order valence-electron chi connectivity index (χ3n) is 4.55. The predicted octanol–water partition coefficient (Wildman–Crippen LogP) is 4.47. The molecule has 0 spiro atoms. The zero-order chi connectivity index (χ0) is 22.1. The first-order chi connectivity index (χ1) is 15.5. The van der Waals surface area contributed by atoms with Gasteiger partial charge in [0.05, 0.1) is 15.1 Å². The van der Waals surface area contributed by atoms with Crippen molar-refractivity contribution >= 4 is 54.1 Å². The minimum atomic E-state index is -3.73. The molecule has 2 heterocycles. The number of benzene rings is 3. The lowest BCUT2D eigenvalue weighted by molar-refractivity contribution is 0.174. The van der Waals surface area contributed by atoms with Crippen LogP contribution in [0.2, 0.25) is 0 Å². The van der Waals surface area contributed by atoms with Gasteiger partial charge < -0.3 is 20.1 Å². The number of carbonyl (C=O) groups is 1. The van der Waals surface area contributed by atoms with Crippen molar-refractivity contribution in [3.8, 4) is 11.5 Å². The topological polar surface area (TPSA) is 119 Å². The van der Waals surface area contributed by atoms with Gasteiger partial charge in [-0.05, 0) is 42.5 Å². The average Bonchev–Trinajstić information content (AvgIpc) is 3.39. The average molecular weight is 469 g/mol. The Bertz CT molecular complexity index is 1420. The monoisotopic (exact) mass is 468 g/mol. The smallest absolute Gasteiger partial charge is 0.323 e. The van der Waals surface area contributed by atoms with Crippen LogP contribution in [0.4, 0.5) is 21.3 Å². The van der Waals surface area contributed by atoms with Crippen LogP contribution in [0.15, 0.2) is 71.6 Å². The Balaban J connectivity index is 1.29. The van der Waals surface area contributed by atoms with Crippen molar-refractivity contribution in [3.63, 3.8) is 0 Å². The van der Waals surface area contributed by atoms with E-state index in [1.807, 2.05) is 0 Å². The van der Waals surface area contributed by atoms with Crippen molar-refractivity contribution in [2.24, 2.45) is 0 Å². The van der Waals surface area contributed by atoms with Crippen molar-refractivity contribution in [1.82, 2.24) is 4.98 Å². The Hall–Kier alpha value is -3.83. The van der Waals surface area contributed by atoms with Crippen LogP contribution in [0.25, 0.3) is 10.2 Å². The Morgan fingerprint density at radius 1 is 0.906 bits per heavy atom. The van der Waals surface area contributed by atoms with Crippen LogP contribution in [-0.2, 0) is 10.0 Å². The molecule has 5 rings (SSSR count). The van der Waals surface area contributed by atoms with Crippen molar-refractivity contribution in [3.05, 3.63) is 66.7 Å². The fourth-order valence-corrected chi connectivity index (χ4v) is 5.25. The molecule has 11 heteroatoms. The molecule has 4 aromatic rings. The summed E-state index contributed by atoms with van der Waals surface area (Å²) in [6.45, 7) is 0.156. The van der Waals surface area contributed by atoms with Crippen LogP contribution < -0.4 is 24.8 Å². The largest absolute Gasteiger partial charge is 0.454 e. The minimum Gasteiger partial charge on any atom is -0.454 e. The lowest BCUT2D eigenvalue weighted by Gasteiger charge is -2.08. The number of ether oxygens (including phenoxy) is 2. The zero-order valence-corrected chi connectivity index (χ0v) is 18.0. The molecule has 0 bridgehead atoms. The number of carbonyl (C=O) groups excluding carboxylic acids is 1. The molecule has 0 unspecified atom stereocenters. The molecule has 2 amide bonds. The number of hydrogen-bond acceptors (Lipinski definition) is 7. The summed E-state index contributed by atoms with van der Waals surface area (Å²) in [5.41, 5.74) is 1.71. The number of nitrogens with zero attached hydrogens (tertiary/aromatic N) is 1. The molecule has 0 atom stereocenters. The summed E-state index contributed by atoms with van der Waals surface area (Å²) in [4.78, 5) is 16.8. The standard InChI is InChI=1S/C21H16N4O5S2/c26-20(22-13-7-9-17-18(10-13)30-12-29-17)23-14-6-8-16-19(11-14)31-21(24-16)25-32(27,28)15-4-2-1-3-5-15/h1-11H,12H2,(H,24,25)(H2,22,23,26). The van der Waals surface area contributed by atoms with Gasteiger partial charge in [0.2, 0.25) is 6.79 Å². The Morgan fingerprint density at radius 2 is 1.62 bits per heavy atom. The number of urea groups is 1. The second-order valence-electron chi connectivity index (χ2n) is 6.77. The number of rotatable bonds is 5. The van der Waals surface area contributed by atoms with E-state index in [2.05, 4.69) is 20.3 Å². The molecule has 0 saturated carbocycles. The summed E-state index contributed by atoms with van der Waals surface area (Å²) in [5.74, 6) is 1.20. The molecule has 162 valence electrons. The highest BCUT2D eigenvalue weighted by molar-refractivity contribution is 7.93. The number of hydrogen-bond donors (Lipinski definition) is 3. The summed E-state index contributed by atoms with van der Waals surface area (Å²) >= 11 is 1.17. The number of sulfonamides is 1. The minimum absolute atomic E-state index is 0.154. The van der Waals surface area contributed by atoms with Crippen LogP contribution >= 0.6 is 11.3 Å². The molecule has 32 heavy (non-hydrogen) atoms. The normalized spacial score (nSPS) is 12.5. The van der Waals surface area contributed by atoms with E-state index >= 15 is 0 Å². The van der Waals surface area contributed by atoms with Gasteiger partial charge in [-0.2, -0.15) is 0 Å². The first kappa shape index (κ1) is 20.1. The zero-order valence-electron chi connectivity index (χ0n) is 16.4. The first-order valence-electron chi connectivity index (χ1n) is 9.42. The second-order valence-corrected chi connectivity index (χ2v) is 9.48. The highest BCUT2D eigenvalue weighted by Crippen LogP contribution is 2.34. The lowest BCUT2D eigenvalue weighted by atomic mass is 10.3. The third-order valence-corrected chi connectivity index (χ3v) is 6.97. The van der Waals surface area contributed by atoms with E-state index in [9.17, 15) is 13.2 Å². The molecule has 0 radical (unpaired) electrons. The molecule has 9 nitrogen and oxygen atoms in total. The fraction of sp³-hybridized carbons (Fsp3) is 0.0476. The maximum Gasteiger partial charge on any atom is 0.323 e. The van der Waals surface area contributed by atoms with Crippen LogP contribution in [-0.4, -0.2) is 26.2 Å². The summed E-state index contributed by atoms with van der Waals surface area (Å²) < 4.78 is 38.8. The number of anilines is 3. The van der Waals surface area contributed by atoms with Crippen molar-refractivity contribution in [2.75, 3.05) is 22.1 Å². The maximum absolute atomic E-state index is 12.5. The van der Waals surface area contributed by atoms with Gasteiger partial charge in [-0.15, -0.1) is 0 Å². The van der Waals surface area contributed by atoms with Crippen LogP contribution in [0.1, 0.15) is 0 Å². The van der Waals surface area contributed by atoms with Crippen molar-refractivity contribution in [2.45, 2.75) is 4.90 Å². The summed E-state index contributed by atoms with van der Waals surface area (Å²) in [5, 5.41) is 5.73. The van der Waals surface area contributed by atoms with Gasteiger partial charge in [-0.3, -0.25) is 4.72 Å². The molecule has 1 aliphatic rings. The highest BCUT2D eigenvalue weighted by atomic mass is 32.2. The molecule has 3 N–H and O–H groups in total. The molecular weight excluding hydrogens is 452 g/mol. The number of nitrogens with one attached hydrogen (secondary N) is 3. The Kier molecular flexibility index (Phi) is 5.04. The van der Waals surface area contributed by atoms with Gasteiger partial charge >= 0.3 is 6.03 Å². The molecule has 3 aromatic carbocycles. The predicted molar refractivity (Wildman–Crippen MR) is 122 cm³/mol. The summed E-state index contributed by atoms with van der Waals surface area (Å²) in [6, 6.07) is 17.9. The van der Waals surface area contributed by atoms with Gasteiger partial charge in [0.15, 0.2) is 16.6 Å². The highest BCUT2D eigenvalue weighted by Gasteiger charge is 2.17. The molecule has 1 aliphatic heterocycles. The summed E-state index contributed by atoms with van der Waals surface area (Å²) in [7, 11) is -3.73. The molecule has 0 fully saturated rings. The number of aromatic nitrogens is 1. The van der Waals surface area contributed by atoms with Crippen LogP contribution in [0.5, 0.6) is 11.5 Å². The Morgan fingerprint density at radius 3 is 2.44 bits per heavy atom. The van der Waals surface area contributed by atoms with E-state index in [1.54, 1.807) is 54.6 Å². The van der Waals surface area contributed by atoms with Gasteiger partial charge in [0.1, 0.15) is 0 Å². The van der Waals surface area contributed by atoms with E-state index in [4.69, 9.17) is 9.47 Å². The maximum atomic E-state index is 12.5. The van der Waals surface area contributed by atoms with E-state index in [0.29, 0.717) is 28.4 Å². The lowest BCUT2D eigenvalue weighted by Crippen LogP contribution is -2.19. The first-order valence-corrected chi connectivity index (χ1v) is 11.7. The van der Waals surface area contributed by atoms with Gasteiger partial charge in [0.25, 0.3) is 10.0 Å². The van der Waals surface area contributed by atoms with Crippen LogP contribution in [0, 0.1) is 0 Å². The third kappa shape index (κ3) is 4.15. The number of fused-ring (bicyclic) bond motifs is 2. The summed E-state index contributed by atoms with van der Waals surface area (Å²) in [6.07, 6.45) is 0. The van der Waals surface area contributed by atoms with E-state index in [1.165, 1.54) is 23.5 Å². The Labute approximate surface area is 187 Å². The molecule has 1 aromatic heterocycles. The molecular formula is C21H16N4O5S2. The van der Waals surface area contributed by atoms with Crippen molar-refractivity contribution in [1.29, 1.82) is 0 Å². The van der Waals surface area contributed by atoms with E-state index in [-0.39, 0.29) is 16.8 Å². The quantitative estimate of drug-likeness (QED) is 0.398. The number of thiazole rings is 1. The van der Waals surface area contributed by atoms with E-state index < -0.39 is 16.1 Å². The van der Waals surface area contributed by atoms with Gasteiger partial charge in [-0.1, -0.05) is 29.5 Å². The SMILES string of the molecule is O=C(Nc1ccc2c(c1)OCO2)Nc1ccc2nc(NS(=O)(=O)c3ccccc3)sc2c1. The second kappa shape index (κ2) is 8.02. The van der Waals surface area contributed by atoms with Crippen molar-refractivity contribution < 1.29 is 22.7 Å². The van der Waals surface area contributed by atoms with E-state index in [0.717, 1.165) is 4.70 Å². The van der Waals surface area contributed by atoms with Gasteiger partial charge in [0, 0.05) is 17.4 Å². The van der Waals surface area contributed by atoms with Crippen LogP contribution in [0.3, 0.4) is 0 Å². The van der Waals surface area contributed by atoms with Gasteiger partial charge in [-0.25, -0.2) is 18.2 Å².